The zero-order valence-electron chi connectivity index (χ0n) is 13.2. The molecule has 5 nitrogen and oxygen atoms in total. The average molecular weight is 361 g/mol. The molecule has 2 rings (SSSR count). The van der Waals surface area contributed by atoms with Crippen LogP contribution in [0.2, 0.25) is 0 Å². The third-order valence-corrected chi connectivity index (χ3v) is 2.62. The molecule has 2 aromatic carbocycles. The minimum atomic E-state index is 0. The van der Waals surface area contributed by atoms with Crippen molar-refractivity contribution in [3.05, 3.63) is 79.6 Å². The van der Waals surface area contributed by atoms with Crippen molar-refractivity contribution in [2.24, 2.45) is 4.99 Å². The first-order valence-corrected chi connectivity index (χ1v) is 6.15. The predicted octanol–water partition coefficient (Wildman–Crippen LogP) is 3.64. The summed E-state index contributed by atoms with van der Waals surface area (Å²) >= 11 is 0. The Morgan fingerprint density at radius 3 is 1.92 bits per heavy atom. The summed E-state index contributed by atoms with van der Waals surface area (Å²) in [6.07, 6.45) is 1.87. The number of para-hydroxylation sites is 2. The SMILES string of the molecule is COc1ccccc1N=Cc1ccccc1C.[C-]#[O+].[C-]#[O+].[C-]#[O+].[Cr]. The van der Waals surface area contributed by atoms with Crippen LogP contribution in [0.25, 0.3) is 0 Å². The Morgan fingerprint density at radius 1 is 0.875 bits per heavy atom. The second-order valence-corrected chi connectivity index (χ2v) is 3.79. The van der Waals surface area contributed by atoms with E-state index < -0.39 is 0 Å². The van der Waals surface area contributed by atoms with Crippen LogP contribution in [0.4, 0.5) is 5.69 Å². The summed E-state index contributed by atoms with van der Waals surface area (Å²) in [4.78, 5) is 4.46. The number of hydrogen-bond donors (Lipinski definition) is 0. The van der Waals surface area contributed by atoms with Crippen molar-refractivity contribution >= 4 is 11.9 Å². The van der Waals surface area contributed by atoms with Crippen molar-refractivity contribution in [2.75, 3.05) is 7.11 Å². The number of methoxy groups -OCH3 is 1. The van der Waals surface area contributed by atoms with E-state index in [0.29, 0.717) is 0 Å². The van der Waals surface area contributed by atoms with Crippen LogP contribution in [0.1, 0.15) is 11.1 Å². The van der Waals surface area contributed by atoms with E-state index in [9.17, 15) is 0 Å². The molecule has 0 radical (unpaired) electrons. The first-order valence-electron chi connectivity index (χ1n) is 6.15. The molecule has 0 aliphatic carbocycles. The summed E-state index contributed by atoms with van der Waals surface area (Å²) in [6, 6.07) is 15.9. The van der Waals surface area contributed by atoms with Crippen LogP contribution in [-0.2, 0) is 31.3 Å². The maximum Gasteiger partial charge on any atom is 0 e. The van der Waals surface area contributed by atoms with Crippen molar-refractivity contribution in [3.8, 4) is 5.75 Å². The van der Waals surface area contributed by atoms with Crippen LogP contribution in [-0.4, -0.2) is 13.3 Å². The second kappa shape index (κ2) is 18.7. The quantitative estimate of drug-likeness (QED) is 0.467. The minimum Gasteiger partial charge on any atom is 0 e. The monoisotopic (exact) mass is 361 g/mol. The fourth-order valence-electron chi connectivity index (χ4n) is 1.61. The molecule has 0 heterocycles. The molecule has 0 unspecified atom stereocenters. The molecule has 0 N–H and O–H groups in total. The Morgan fingerprint density at radius 2 is 1.38 bits per heavy atom. The maximum absolute atomic E-state index is 7.50. The van der Waals surface area contributed by atoms with Crippen LogP contribution >= 0.6 is 0 Å². The molecule has 0 bridgehead atoms. The largest absolute Gasteiger partial charge is 0 e. The number of aryl methyl sites for hydroxylation is 1. The Hall–Kier alpha value is -2.34. The summed E-state index contributed by atoms with van der Waals surface area (Å²) in [5.74, 6) is 0.789. The topological polar surface area (TPSA) is 81.3 Å². The molecule has 0 aromatic heterocycles. The van der Waals surface area contributed by atoms with Crippen molar-refractivity contribution < 1.29 is 36.1 Å². The van der Waals surface area contributed by atoms with Gasteiger partial charge in [0.25, 0.3) is 0 Å². The van der Waals surface area contributed by atoms with Crippen LogP contribution in [0.15, 0.2) is 53.5 Å². The zero-order valence-corrected chi connectivity index (χ0v) is 14.5. The Balaban J connectivity index is -0.000000569. The fourth-order valence-corrected chi connectivity index (χ4v) is 1.61. The van der Waals surface area contributed by atoms with Gasteiger partial charge in [-0.1, -0.05) is 36.4 Å². The third kappa shape index (κ3) is 9.63. The van der Waals surface area contributed by atoms with E-state index in [2.05, 4.69) is 37.9 Å². The van der Waals surface area contributed by atoms with Gasteiger partial charge in [-0.2, -0.15) is 0 Å². The Bertz CT molecular complexity index is 649. The molecule has 0 aliphatic rings. The number of ether oxygens (including phenoxy) is 1. The molecular formula is C18H15CrNO4. The molecular weight excluding hydrogens is 346 g/mol. The first kappa shape index (κ1) is 26.6. The first-order chi connectivity index (χ1) is 11.3. The maximum atomic E-state index is 7.50. The van der Waals surface area contributed by atoms with Gasteiger partial charge in [-0.25, -0.2) is 0 Å². The van der Waals surface area contributed by atoms with Crippen molar-refractivity contribution in [3.63, 3.8) is 0 Å². The summed E-state index contributed by atoms with van der Waals surface area (Å²) in [6.45, 7) is 15.6. The molecule has 6 heteroatoms. The molecule has 0 spiro atoms. The van der Waals surface area contributed by atoms with E-state index in [0.717, 1.165) is 17.0 Å². The number of rotatable bonds is 3. The molecule has 122 valence electrons. The molecule has 0 aliphatic heterocycles. The number of nitrogens with zero attached hydrogens (tertiary/aromatic N) is 1. The van der Waals surface area contributed by atoms with Gasteiger partial charge in [0.2, 0.25) is 0 Å². The molecule has 0 atom stereocenters. The van der Waals surface area contributed by atoms with Gasteiger partial charge in [-0.05, 0) is 30.2 Å². The van der Waals surface area contributed by atoms with Crippen molar-refractivity contribution in [1.82, 2.24) is 0 Å². The van der Waals surface area contributed by atoms with E-state index in [1.54, 1.807) is 7.11 Å². The summed E-state index contributed by atoms with van der Waals surface area (Å²) in [5.41, 5.74) is 3.18. The van der Waals surface area contributed by atoms with Gasteiger partial charge in [0.15, 0.2) is 0 Å². The van der Waals surface area contributed by atoms with Crippen LogP contribution in [0, 0.1) is 26.9 Å². The smallest absolute Gasteiger partial charge is 0 e. The minimum absolute atomic E-state index is 0. The van der Waals surface area contributed by atoms with E-state index >= 15 is 0 Å². The summed E-state index contributed by atoms with van der Waals surface area (Å²) < 4.78 is 27.8. The summed E-state index contributed by atoms with van der Waals surface area (Å²) in [7, 11) is 1.65. The van der Waals surface area contributed by atoms with Gasteiger partial charge in [-0.15, -0.1) is 0 Å². The molecule has 0 saturated heterocycles. The van der Waals surface area contributed by atoms with E-state index in [1.807, 2.05) is 48.7 Å². The number of aliphatic imine (C=N–C) groups is 1. The normalized spacial score (nSPS) is 7.83. The van der Waals surface area contributed by atoms with Gasteiger partial charge >= 0.3 is 33.9 Å². The van der Waals surface area contributed by atoms with E-state index in [1.165, 1.54) is 5.56 Å². The predicted molar refractivity (Wildman–Crippen MR) is 83.2 cm³/mol. The fraction of sp³-hybridized carbons (Fsp3) is 0.111. The molecule has 0 fully saturated rings. The molecule has 24 heavy (non-hydrogen) atoms. The van der Waals surface area contributed by atoms with Gasteiger partial charge in [0, 0.05) is 23.6 Å². The van der Waals surface area contributed by atoms with Gasteiger partial charge in [-0.3, -0.25) is 4.99 Å². The zero-order chi connectivity index (χ0) is 18.1. The van der Waals surface area contributed by atoms with E-state index in [-0.39, 0.29) is 17.4 Å². The number of hydrogen-bond acceptors (Lipinski definition) is 2. The second-order valence-electron chi connectivity index (χ2n) is 3.79. The standard InChI is InChI=1S/C15H15NO.3CO.Cr/c1-12-7-3-4-8-13(12)11-16-14-9-5-6-10-15(14)17-2;3*1-2;/h3-11H,1-2H3;;;;. The van der Waals surface area contributed by atoms with Crippen LogP contribution in [0.5, 0.6) is 5.75 Å². The van der Waals surface area contributed by atoms with Gasteiger partial charge < -0.3 is 4.74 Å². The van der Waals surface area contributed by atoms with Gasteiger partial charge in [0.05, 0.1) is 7.11 Å². The van der Waals surface area contributed by atoms with Crippen LogP contribution < -0.4 is 4.74 Å². The van der Waals surface area contributed by atoms with Crippen molar-refractivity contribution in [2.45, 2.75) is 6.92 Å². The Labute approximate surface area is 152 Å². The third-order valence-electron chi connectivity index (χ3n) is 2.62. The van der Waals surface area contributed by atoms with E-state index in [4.69, 9.17) is 18.7 Å². The van der Waals surface area contributed by atoms with Crippen LogP contribution in [0.3, 0.4) is 0 Å². The molecule has 2 aromatic rings. The molecule has 0 saturated carbocycles. The van der Waals surface area contributed by atoms with Crippen molar-refractivity contribution in [1.29, 1.82) is 0 Å². The summed E-state index contributed by atoms with van der Waals surface area (Å²) in [5, 5.41) is 0. The molecule has 0 amide bonds. The Kier molecular flexibility index (Phi) is 20.7. The van der Waals surface area contributed by atoms with Gasteiger partial charge in [0.1, 0.15) is 11.4 Å². The number of benzene rings is 2. The average Bonchev–Trinajstić information content (AvgIpc) is 2.66.